The van der Waals surface area contributed by atoms with Gasteiger partial charge in [-0.15, -0.1) is 0 Å². The van der Waals surface area contributed by atoms with Crippen molar-refractivity contribution in [1.82, 2.24) is 19.7 Å². The number of nitrogens with zero attached hydrogens (tertiary/aromatic N) is 5. The minimum atomic E-state index is -3.79. The lowest BCUT2D eigenvalue weighted by molar-refractivity contribution is -0.114. The van der Waals surface area contributed by atoms with Crippen molar-refractivity contribution in [3.8, 4) is 0 Å². The van der Waals surface area contributed by atoms with Gasteiger partial charge in [-0.2, -0.15) is 15.0 Å². The summed E-state index contributed by atoms with van der Waals surface area (Å²) in [7, 11) is -0.129. The highest BCUT2D eigenvalue weighted by Gasteiger charge is 2.21. The van der Waals surface area contributed by atoms with Gasteiger partial charge in [-0.3, -0.25) is 4.79 Å². The van der Waals surface area contributed by atoms with Gasteiger partial charge in [0.2, 0.25) is 27.8 Å². The van der Waals surface area contributed by atoms with E-state index < -0.39 is 10.0 Å². The van der Waals surface area contributed by atoms with Crippen LogP contribution in [0.15, 0.2) is 23.1 Å². The first-order valence-electron chi connectivity index (χ1n) is 9.71. The lowest BCUT2D eigenvalue weighted by Crippen LogP contribution is -2.28. The van der Waals surface area contributed by atoms with E-state index in [1.807, 2.05) is 14.1 Å². The Morgan fingerprint density at radius 1 is 1.17 bits per heavy atom. The SMILES string of the molecule is CC(=O)Nc1ccc(S(=O)(=O)NCc2nc(N(C)C)nc(N3CCCC3)n2)c(C)c1. The number of nitrogens with one attached hydrogen (secondary N) is 2. The predicted molar refractivity (Wildman–Crippen MR) is 115 cm³/mol. The third kappa shape index (κ3) is 5.22. The van der Waals surface area contributed by atoms with Gasteiger partial charge in [-0.1, -0.05) is 0 Å². The molecule has 1 aromatic carbocycles. The highest BCUT2D eigenvalue weighted by atomic mass is 32.2. The van der Waals surface area contributed by atoms with Crippen molar-refractivity contribution in [3.05, 3.63) is 29.6 Å². The summed E-state index contributed by atoms with van der Waals surface area (Å²) in [5.74, 6) is 1.18. The van der Waals surface area contributed by atoms with Crippen LogP contribution >= 0.6 is 0 Å². The van der Waals surface area contributed by atoms with E-state index in [2.05, 4.69) is 29.9 Å². The molecule has 0 spiro atoms. The molecule has 1 aliphatic heterocycles. The molecule has 0 bridgehead atoms. The van der Waals surface area contributed by atoms with Crippen LogP contribution in [0.2, 0.25) is 0 Å². The van der Waals surface area contributed by atoms with Crippen molar-refractivity contribution in [1.29, 1.82) is 0 Å². The van der Waals surface area contributed by atoms with Crippen molar-refractivity contribution in [3.63, 3.8) is 0 Å². The number of hydrogen-bond acceptors (Lipinski definition) is 8. The Kier molecular flexibility index (Phi) is 6.52. The standard InChI is InChI=1S/C19H27N7O3S/c1-13-11-15(21-14(2)27)7-8-16(13)30(28,29)20-12-17-22-18(25(3)4)24-19(23-17)26-9-5-6-10-26/h7-8,11,20H,5-6,9-10,12H2,1-4H3,(H,21,27). The second-order valence-corrected chi connectivity index (χ2v) is 9.16. The number of anilines is 3. The van der Waals surface area contributed by atoms with Crippen LogP contribution in [0, 0.1) is 6.92 Å². The van der Waals surface area contributed by atoms with E-state index >= 15 is 0 Å². The Bertz CT molecular complexity index is 1030. The van der Waals surface area contributed by atoms with Crippen LogP contribution in [0.25, 0.3) is 0 Å². The fraction of sp³-hybridized carbons (Fsp3) is 0.474. The molecule has 1 aromatic heterocycles. The molecule has 30 heavy (non-hydrogen) atoms. The smallest absolute Gasteiger partial charge is 0.241 e. The molecule has 0 aliphatic carbocycles. The van der Waals surface area contributed by atoms with E-state index in [0.29, 0.717) is 29.0 Å². The molecule has 1 aliphatic rings. The fourth-order valence-corrected chi connectivity index (χ4v) is 4.41. The number of carbonyl (C=O) groups excluding carboxylic acids is 1. The van der Waals surface area contributed by atoms with Gasteiger partial charge >= 0.3 is 0 Å². The summed E-state index contributed by atoms with van der Waals surface area (Å²) in [4.78, 5) is 28.5. The molecule has 0 radical (unpaired) electrons. The van der Waals surface area contributed by atoms with Crippen LogP contribution in [0.3, 0.4) is 0 Å². The Hall–Kier alpha value is -2.79. The molecule has 2 N–H and O–H groups in total. The topological polar surface area (TPSA) is 120 Å². The number of aryl methyl sites for hydroxylation is 1. The number of sulfonamides is 1. The van der Waals surface area contributed by atoms with Gasteiger partial charge in [-0.25, -0.2) is 13.1 Å². The lowest BCUT2D eigenvalue weighted by Gasteiger charge is -2.19. The van der Waals surface area contributed by atoms with Crippen LogP contribution in [-0.2, 0) is 21.4 Å². The summed E-state index contributed by atoms with van der Waals surface area (Å²) in [6.45, 7) is 4.77. The average molecular weight is 434 g/mol. The van der Waals surface area contributed by atoms with Crippen molar-refractivity contribution in [2.45, 2.75) is 38.1 Å². The maximum absolute atomic E-state index is 12.8. The number of aromatic nitrogens is 3. The summed E-state index contributed by atoms with van der Waals surface area (Å²) < 4.78 is 28.2. The number of rotatable bonds is 7. The number of benzene rings is 1. The average Bonchev–Trinajstić information content (AvgIpc) is 3.20. The van der Waals surface area contributed by atoms with E-state index in [-0.39, 0.29) is 17.3 Å². The predicted octanol–water partition coefficient (Wildman–Crippen LogP) is 1.28. The first-order valence-corrected chi connectivity index (χ1v) is 11.2. The van der Waals surface area contributed by atoms with Gasteiger partial charge < -0.3 is 15.1 Å². The summed E-state index contributed by atoms with van der Waals surface area (Å²) in [5, 5.41) is 2.64. The lowest BCUT2D eigenvalue weighted by atomic mass is 10.2. The molecule has 1 fully saturated rings. The molecule has 0 unspecified atom stereocenters. The minimum Gasteiger partial charge on any atom is -0.347 e. The van der Waals surface area contributed by atoms with Crippen LogP contribution < -0.4 is 19.8 Å². The summed E-state index contributed by atoms with van der Waals surface area (Å²) >= 11 is 0. The number of carbonyl (C=O) groups is 1. The molecule has 10 nitrogen and oxygen atoms in total. The normalized spacial score (nSPS) is 14.1. The molecular formula is C19H27N7O3S. The first-order chi connectivity index (χ1) is 14.2. The van der Waals surface area contributed by atoms with Crippen LogP contribution in [-0.4, -0.2) is 56.5 Å². The maximum Gasteiger partial charge on any atom is 0.241 e. The summed E-state index contributed by atoms with van der Waals surface area (Å²) in [6.07, 6.45) is 2.16. The van der Waals surface area contributed by atoms with Gasteiger partial charge in [0, 0.05) is 39.8 Å². The van der Waals surface area contributed by atoms with Gasteiger partial charge in [0.25, 0.3) is 0 Å². The number of hydrogen-bond donors (Lipinski definition) is 2. The van der Waals surface area contributed by atoms with E-state index in [1.54, 1.807) is 24.0 Å². The van der Waals surface area contributed by atoms with Crippen molar-refractivity contribution < 1.29 is 13.2 Å². The Balaban J connectivity index is 1.80. The fourth-order valence-electron chi connectivity index (χ4n) is 3.20. The Morgan fingerprint density at radius 2 is 1.87 bits per heavy atom. The molecule has 11 heteroatoms. The zero-order valence-electron chi connectivity index (χ0n) is 17.6. The third-order valence-electron chi connectivity index (χ3n) is 4.65. The molecule has 2 heterocycles. The molecule has 1 amide bonds. The largest absolute Gasteiger partial charge is 0.347 e. The highest BCUT2D eigenvalue weighted by Crippen LogP contribution is 2.21. The van der Waals surface area contributed by atoms with Gasteiger partial charge in [0.1, 0.15) is 0 Å². The van der Waals surface area contributed by atoms with Crippen LogP contribution in [0.4, 0.5) is 17.6 Å². The van der Waals surface area contributed by atoms with E-state index in [0.717, 1.165) is 25.9 Å². The van der Waals surface area contributed by atoms with Crippen molar-refractivity contribution >= 4 is 33.5 Å². The van der Waals surface area contributed by atoms with E-state index in [9.17, 15) is 13.2 Å². The second kappa shape index (κ2) is 8.92. The minimum absolute atomic E-state index is 0.0561. The van der Waals surface area contributed by atoms with E-state index in [1.165, 1.54) is 13.0 Å². The molecule has 0 saturated carbocycles. The quantitative estimate of drug-likeness (QED) is 0.670. The second-order valence-electron chi connectivity index (χ2n) is 7.43. The number of amides is 1. The molecule has 3 rings (SSSR count). The van der Waals surface area contributed by atoms with Crippen LogP contribution in [0.1, 0.15) is 31.2 Å². The van der Waals surface area contributed by atoms with Crippen LogP contribution in [0.5, 0.6) is 0 Å². The zero-order valence-corrected chi connectivity index (χ0v) is 18.5. The molecule has 2 aromatic rings. The monoisotopic (exact) mass is 433 g/mol. The van der Waals surface area contributed by atoms with Crippen molar-refractivity contribution in [2.75, 3.05) is 42.3 Å². The molecule has 0 atom stereocenters. The van der Waals surface area contributed by atoms with Gasteiger partial charge in [0.05, 0.1) is 11.4 Å². The maximum atomic E-state index is 12.8. The highest BCUT2D eigenvalue weighted by molar-refractivity contribution is 7.89. The van der Waals surface area contributed by atoms with E-state index in [4.69, 9.17) is 0 Å². The zero-order chi connectivity index (χ0) is 21.9. The van der Waals surface area contributed by atoms with Gasteiger partial charge in [0.15, 0.2) is 5.82 Å². The van der Waals surface area contributed by atoms with Crippen molar-refractivity contribution in [2.24, 2.45) is 0 Å². The summed E-state index contributed by atoms with van der Waals surface area (Å²) in [5.41, 5.74) is 1.07. The van der Waals surface area contributed by atoms with Gasteiger partial charge in [-0.05, 0) is 43.5 Å². The Labute approximate surface area is 176 Å². The molecule has 162 valence electrons. The molecular weight excluding hydrogens is 406 g/mol. The summed E-state index contributed by atoms with van der Waals surface area (Å²) in [6, 6.07) is 4.65. The third-order valence-corrected chi connectivity index (χ3v) is 6.21. The Morgan fingerprint density at radius 3 is 2.47 bits per heavy atom. The first kappa shape index (κ1) is 21.9. The molecule has 1 saturated heterocycles.